The van der Waals surface area contributed by atoms with Crippen molar-refractivity contribution in [2.45, 2.75) is 6.92 Å². The molecule has 10 heavy (non-hydrogen) atoms. The Kier molecular flexibility index (Phi) is 2.63. The third-order valence-electron chi connectivity index (χ3n) is 1.30. The summed E-state index contributed by atoms with van der Waals surface area (Å²) in [5, 5.41) is 0. The lowest BCUT2D eigenvalue weighted by Crippen LogP contribution is -1.77. The monoisotopic (exact) mass is 197 g/mol. The van der Waals surface area contributed by atoms with Crippen molar-refractivity contribution in [1.82, 2.24) is 4.98 Å². The van der Waals surface area contributed by atoms with Crippen molar-refractivity contribution in [2.24, 2.45) is 0 Å². The van der Waals surface area contributed by atoms with Gasteiger partial charge in [-0.25, -0.2) is 0 Å². The van der Waals surface area contributed by atoms with Crippen LogP contribution < -0.4 is 0 Å². The molecule has 52 valence electrons. The molecule has 0 N–H and O–H groups in total. The van der Waals surface area contributed by atoms with Crippen molar-refractivity contribution >= 4 is 21.5 Å². The normalized spacial score (nSPS) is 11.6. The molecule has 0 radical (unpaired) electrons. The molecule has 0 atom stereocenters. The Morgan fingerprint density at radius 1 is 1.50 bits per heavy atom. The van der Waals surface area contributed by atoms with Crippen molar-refractivity contribution < 1.29 is 0 Å². The number of aromatic nitrogens is 1. The minimum Gasteiger partial charge on any atom is -0.265 e. The topological polar surface area (TPSA) is 12.9 Å². The minimum absolute atomic E-state index is 1.20. The Labute approximate surface area is 68.9 Å². The third-order valence-corrected chi connectivity index (χ3v) is 1.99. The summed E-state index contributed by atoms with van der Waals surface area (Å²) in [6.07, 6.45) is 3.57. The van der Waals surface area contributed by atoms with Gasteiger partial charge in [0.25, 0.3) is 0 Å². The predicted octanol–water partition coefficient (Wildman–Crippen LogP) is 2.84. The van der Waals surface area contributed by atoms with Crippen LogP contribution in [0, 0.1) is 0 Å². The first kappa shape index (κ1) is 7.48. The lowest BCUT2D eigenvalue weighted by Gasteiger charge is -1.95. The molecular weight excluding hydrogens is 190 g/mol. The average molecular weight is 198 g/mol. The zero-order chi connectivity index (χ0) is 7.40. The van der Waals surface area contributed by atoms with Crippen molar-refractivity contribution in [2.75, 3.05) is 0 Å². The Balaban J connectivity index is 2.96. The SMILES string of the molecule is C/C(=C/Br)c1ccncc1. The van der Waals surface area contributed by atoms with Gasteiger partial charge < -0.3 is 0 Å². The first-order valence-corrected chi connectivity index (χ1v) is 3.93. The summed E-state index contributed by atoms with van der Waals surface area (Å²) in [6.45, 7) is 2.05. The van der Waals surface area contributed by atoms with Gasteiger partial charge in [0, 0.05) is 12.4 Å². The number of hydrogen-bond donors (Lipinski definition) is 0. The van der Waals surface area contributed by atoms with E-state index >= 15 is 0 Å². The summed E-state index contributed by atoms with van der Waals surface area (Å²) in [6, 6.07) is 3.96. The molecule has 0 aliphatic rings. The fourth-order valence-corrected chi connectivity index (χ4v) is 0.942. The summed E-state index contributed by atoms with van der Waals surface area (Å²) < 4.78 is 0. The van der Waals surface area contributed by atoms with Gasteiger partial charge in [0.2, 0.25) is 0 Å². The highest BCUT2D eigenvalue weighted by Crippen LogP contribution is 2.12. The quantitative estimate of drug-likeness (QED) is 0.676. The maximum atomic E-state index is 3.92. The molecule has 0 spiro atoms. The van der Waals surface area contributed by atoms with E-state index in [1.807, 2.05) is 24.0 Å². The first-order chi connectivity index (χ1) is 4.84. The maximum absolute atomic E-state index is 3.92. The van der Waals surface area contributed by atoms with Gasteiger partial charge in [-0.3, -0.25) is 4.98 Å². The molecule has 0 bridgehead atoms. The predicted molar refractivity (Wildman–Crippen MR) is 46.8 cm³/mol. The number of allylic oxidation sites excluding steroid dienone is 1. The van der Waals surface area contributed by atoms with Gasteiger partial charge in [-0.1, -0.05) is 15.9 Å². The molecule has 1 rings (SSSR count). The van der Waals surface area contributed by atoms with Gasteiger partial charge in [0.15, 0.2) is 0 Å². The van der Waals surface area contributed by atoms with E-state index in [1.165, 1.54) is 11.1 Å². The molecule has 2 heteroatoms. The van der Waals surface area contributed by atoms with E-state index in [9.17, 15) is 0 Å². The molecule has 0 aliphatic carbocycles. The highest BCUT2D eigenvalue weighted by molar-refractivity contribution is 9.11. The van der Waals surface area contributed by atoms with Gasteiger partial charge in [0.05, 0.1) is 0 Å². The van der Waals surface area contributed by atoms with Gasteiger partial charge in [0.1, 0.15) is 0 Å². The zero-order valence-corrected chi connectivity index (χ0v) is 7.30. The number of nitrogens with zero attached hydrogens (tertiary/aromatic N) is 1. The van der Waals surface area contributed by atoms with Crippen molar-refractivity contribution in [3.8, 4) is 0 Å². The van der Waals surface area contributed by atoms with Crippen molar-refractivity contribution in [3.05, 3.63) is 35.1 Å². The molecule has 1 aromatic heterocycles. The van der Waals surface area contributed by atoms with E-state index in [1.54, 1.807) is 12.4 Å². The highest BCUT2D eigenvalue weighted by atomic mass is 79.9. The molecule has 1 nitrogen and oxygen atoms in total. The van der Waals surface area contributed by atoms with Crippen LogP contribution in [0.1, 0.15) is 12.5 Å². The number of rotatable bonds is 1. The molecule has 0 saturated heterocycles. The van der Waals surface area contributed by atoms with Gasteiger partial charge in [-0.05, 0) is 35.2 Å². The van der Waals surface area contributed by atoms with E-state index < -0.39 is 0 Å². The molecule has 1 aromatic rings. The van der Waals surface area contributed by atoms with Crippen LogP contribution >= 0.6 is 15.9 Å². The lowest BCUT2D eigenvalue weighted by molar-refractivity contribution is 1.31. The Morgan fingerprint density at radius 2 is 2.10 bits per heavy atom. The summed E-state index contributed by atoms with van der Waals surface area (Å²) in [5.41, 5.74) is 2.41. The van der Waals surface area contributed by atoms with Crippen molar-refractivity contribution in [1.29, 1.82) is 0 Å². The molecule has 0 fully saturated rings. The van der Waals surface area contributed by atoms with Crippen LogP contribution in [0.25, 0.3) is 5.57 Å². The lowest BCUT2D eigenvalue weighted by atomic mass is 10.1. The highest BCUT2D eigenvalue weighted by Gasteiger charge is 1.90. The standard InChI is InChI=1S/C8H8BrN/c1-7(6-9)8-2-4-10-5-3-8/h2-6H,1H3/b7-6-. The van der Waals surface area contributed by atoms with Crippen LogP contribution in [0.5, 0.6) is 0 Å². The minimum atomic E-state index is 1.20. The second-order valence-electron chi connectivity index (χ2n) is 2.03. The van der Waals surface area contributed by atoms with Crippen LogP contribution in [0.15, 0.2) is 29.5 Å². The summed E-state index contributed by atoms with van der Waals surface area (Å²) in [5.74, 6) is 0. The Hall–Kier alpha value is -0.630. The number of hydrogen-bond acceptors (Lipinski definition) is 1. The van der Waals surface area contributed by atoms with Crippen LogP contribution in [0.3, 0.4) is 0 Å². The van der Waals surface area contributed by atoms with E-state index in [4.69, 9.17) is 0 Å². The van der Waals surface area contributed by atoms with Crippen molar-refractivity contribution in [3.63, 3.8) is 0 Å². The number of pyridine rings is 1. The van der Waals surface area contributed by atoms with Crippen LogP contribution in [-0.2, 0) is 0 Å². The second-order valence-corrected chi connectivity index (χ2v) is 2.49. The zero-order valence-electron chi connectivity index (χ0n) is 5.71. The van der Waals surface area contributed by atoms with Gasteiger partial charge in [-0.2, -0.15) is 0 Å². The van der Waals surface area contributed by atoms with E-state index in [-0.39, 0.29) is 0 Å². The number of halogens is 1. The fourth-order valence-electron chi connectivity index (χ4n) is 0.678. The van der Waals surface area contributed by atoms with Crippen LogP contribution in [-0.4, -0.2) is 4.98 Å². The molecule has 0 saturated carbocycles. The summed E-state index contributed by atoms with van der Waals surface area (Å²) >= 11 is 3.27. The van der Waals surface area contributed by atoms with E-state index in [0.717, 1.165) is 0 Å². The molecule has 1 heterocycles. The molecule has 0 amide bonds. The Bertz CT molecular complexity index is 228. The van der Waals surface area contributed by atoms with Crippen LogP contribution in [0.2, 0.25) is 0 Å². The third kappa shape index (κ3) is 1.67. The molecule has 0 aliphatic heterocycles. The largest absolute Gasteiger partial charge is 0.265 e. The fraction of sp³-hybridized carbons (Fsp3) is 0.125. The Morgan fingerprint density at radius 3 is 2.60 bits per heavy atom. The molecule has 0 aromatic carbocycles. The maximum Gasteiger partial charge on any atom is 0.0273 e. The van der Waals surface area contributed by atoms with Crippen LogP contribution in [0.4, 0.5) is 0 Å². The molecular formula is C8H8BrN. The smallest absolute Gasteiger partial charge is 0.0273 e. The van der Waals surface area contributed by atoms with E-state index in [2.05, 4.69) is 20.9 Å². The summed E-state index contributed by atoms with van der Waals surface area (Å²) in [4.78, 5) is 5.82. The van der Waals surface area contributed by atoms with Gasteiger partial charge in [-0.15, -0.1) is 0 Å². The molecule has 0 unspecified atom stereocenters. The first-order valence-electron chi connectivity index (χ1n) is 3.02. The second kappa shape index (κ2) is 3.52. The van der Waals surface area contributed by atoms with E-state index in [0.29, 0.717) is 0 Å². The van der Waals surface area contributed by atoms with Gasteiger partial charge >= 0.3 is 0 Å². The average Bonchev–Trinajstić information content (AvgIpc) is 2.05. The summed E-state index contributed by atoms with van der Waals surface area (Å²) in [7, 11) is 0.